The highest BCUT2D eigenvalue weighted by Crippen LogP contribution is 2.44. The number of methoxy groups -OCH3 is 4. The minimum atomic E-state index is -2.53. The van der Waals surface area contributed by atoms with E-state index in [0.29, 0.717) is 12.0 Å². The van der Waals surface area contributed by atoms with Gasteiger partial charge in [-0.05, 0) is 74.3 Å². The van der Waals surface area contributed by atoms with Gasteiger partial charge in [0.1, 0.15) is 30.5 Å². The van der Waals surface area contributed by atoms with Crippen LogP contribution in [0.15, 0.2) is 58.7 Å². The van der Waals surface area contributed by atoms with Crippen LogP contribution >= 0.6 is 0 Å². The third-order valence-corrected chi connectivity index (χ3v) is 16.3. The summed E-state index contributed by atoms with van der Waals surface area (Å²) in [7, 11) is 5.79. The van der Waals surface area contributed by atoms with Crippen molar-refractivity contribution in [3.8, 4) is 0 Å². The number of aliphatic hydroxyl groups excluding tert-OH is 6. The van der Waals surface area contributed by atoms with Crippen molar-refractivity contribution < 1.29 is 102 Å². The van der Waals surface area contributed by atoms with Crippen LogP contribution in [0.4, 0.5) is 0 Å². The van der Waals surface area contributed by atoms with E-state index < -0.39 is 152 Å². The molecule has 0 unspecified atom stereocenters. The lowest BCUT2D eigenvalue weighted by molar-refractivity contribution is -0.366. The summed E-state index contributed by atoms with van der Waals surface area (Å²) in [4.78, 5) is 14.3. The second kappa shape index (κ2) is 29.8. The number of carbonyl (C=O) groups is 1. The largest absolute Gasteiger partial charge is 0.450 e. The van der Waals surface area contributed by atoms with Gasteiger partial charge < -0.3 is 97.7 Å². The topological polar surface area (TPSA) is 290 Å². The van der Waals surface area contributed by atoms with Gasteiger partial charge in [-0.1, -0.05) is 67.9 Å². The summed E-state index contributed by atoms with van der Waals surface area (Å²) in [5.41, 5.74) is 0.889. The fraction of sp³-hybridized carbons (Fsp3) is 0.810. The van der Waals surface area contributed by atoms with Crippen LogP contribution in [0.3, 0.4) is 0 Å². The van der Waals surface area contributed by atoms with Gasteiger partial charge in [0.15, 0.2) is 25.0 Å². The van der Waals surface area contributed by atoms with Crippen LogP contribution in [-0.2, 0) is 61.6 Å². The predicted octanol–water partition coefficient (Wildman–Crippen LogP) is 3.59. The first-order valence-corrected chi connectivity index (χ1v) is 27.9. The smallest absolute Gasteiger partial charge is 0.334 e. The van der Waals surface area contributed by atoms with Crippen LogP contribution in [0, 0.1) is 17.8 Å². The van der Waals surface area contributed by atoms with Crippen molar-refractivity contribution in [2.75, 3.05) is 35.0 Å². The number of cyclic esters (lactones) is 1. The van der Waals surface area contributed by atoms with Gasteiger partial charge in [0, 0.05) is 77.4 Å². The Kier molecular flexibility index (Phi) is 25.3. The van der Waals surface area contributed by atoms with Crippen molar-refractivity contribution >= 4 is 5.97 Å². The number of carbonyl (C=O) groups excluding carboxylic acids is 1. The van der Waals surface area contributed by atoms with Crippen LogP contribution in [0.2, 0.25) is 0 Å². The Hall–Kier alpha value is -2.59. The Morgan fingerprint density at radius 3 is 2.03 bits per heavy atom. The van der Waals surface area contributed by atoms with Crippen LogP contribution < -0.4 is 0 Å². The zero-order chi connectivity index (χ0) is 58.8. The van der Waals surface area contributed by atoms with Gasteiger partial charge in [-0.15, -0.1) is 0 Å². The average molecular weight is 1130 g/mol. The summed E-state index contributed by atoms with van der Waals surface area (Å²) in [6, 6.07) is 0. The van der Waals surface area contributed by atoms with Crippen LogP contribution in [0.1, 0.15) is 115 Å². The molecule has 0 radical (unpaired) electrons. The SMILES string of the molecule is COC[C@@H](C[C@H]1O[C@@](O)([C@@H]2OC(=O)\C(C)=C/C(C)=C\C(C)=C/[C@@H](C)[C@H](O[C@@H]3O[C@@H](C)[C@H](OC)[C@@H](O)[C@@H]3O)/C=C\C(C)=C/CC[C@H](O)[C@@H](OC)C[C@@H]2O)[C@H](C)[C@@H](O)[C@H]1C)O[C@H]1C[C@](C)(O)[C@@H](O[C@H]2C[C@@H](OC)[C@H](O)[C@@H](C)O2)[C@H](C)O1. The van der Waals surface area contributed by atoms with E-state index in [2.05, 4.69) is 0 Å². The molecule has 0 aliphatic carbocycles. The molecular formula is C58H96O21. The maximum atomic E-state index is 14.3. The van der Waals surface area contributed by atoms with Gasteiger partial charge in [-0.3, -0.25) is 0 Å². The van der Waals surface area contributed by atoms with Gasteiger partial charge in [0.05, 0.1) is 79.4 Å². The quantitative estimate of drug-likeness (QED) is 0.115. The zero-order valence-electron chi connectivity index (χ0n) is 49.1. The molecule has 8 N–H and O–H groups in total. The molecule has 5 aliphatic rings. The standard InChI is InChI=1S/C58H96O21/c1-29-17-16-18-40(59)44(69-13)25-41(60)54(78-55(65)33(5)23-31(3)21-30(2)22-32(4)42(20-19-29)76-56-51(64)50(63)52(71-15)37(9)74-56)58(67)35(7)48(61)34(6)43(79-58)24-39(28-68-12)75-47-27-57(11,66)53(38(10)73-47)77-46-26-45(70-14)49(62)36(8)72-46/h17,19-23,32,34-54,56,59-64,66-67H,16,18,24-28H2,1-15H3/b20-19-,29-17-,30-22-,31-21-,33-23-/t32-,34+,35-,36-,37+,38+,39-,40+,41+,42-,43-,44+,45-,46+,47+,48+,49-,50+,51+,52+,53+,54-,56+,57+,58-/m1/s1. The molecule has 454 valence electrons. The molecule has 5 heterocycles. The second-order valence-corrected chi connectivity index (χ2v) is 23.0. The lowest BCUT2D eigenvalue weighted by Gasteiger charge is -2.52. The molecular weight excluding hydrogens is 1030 g/mol. The van der Waals surface area contributed by atoms with E-state index in [0.717, 1.165) is 11.1 Å². The van der Waals surface area contributed by atoms with Crippen molar-refractivity contribution in [3.63, 3.8) is 0 Å². The highest BCUT2D eigenvalue weighted by Gasteiger charge is 2.59. The number of hydrogen-bond acceptors (Lipinski definition) is 21. The highest BCUT2D eigenvalue weighted by atomic mass is 16.7. The van der Waals surface area contributed by atoms with Crippen LogP contribution in [0.25, 0.3) is 0 Å². The van der Waals surface area contributed by atoms with Crippen molar-refractivity contribution in [3.05, 3.63) is 58.7 Å². The number of rotatable bonds is 14. The van der Waals surface area contributed by atoms with Gasteiger partial charge >= 0.3 is 5.97 Å². The van der Waals surface area contributed by atoms with Crippen molar-refractivity contribution in [2.45, 2.75) is 249 Å². The van der Waals surface area contributed by atoms with E-state index in [4.69, 9.17) is 56.8 Å². The molecule has 25 atom stereocenters. The fourth-order valence-corrected chi connectivity index (χ4v) is 11.6. The Labute approximate surface area is 467 Å². The number of esters is 1. The monoisotopic (exact) mass is 1130 g/mol. The summed E-state index contributed by atoms with van der Waals surface area (Å²) >= 11 is 0. The number of hydrogen-bond donors (Lipinski definition) is 8. The average Bonchev–Trinajstić information content (AvgIpc) is 3.41. The molecule has 4 fully saturated rings. The molecule has 21 nitrogen and oxygen atoms in total. The Morgan fingerprint density at radius 1 is 0.722 bits per heavy atom. The maximum absolute atomic E-state index is 14.3. The molecule has 0 bridgehead atoms. The molecule has 0 aromatic heterocycles. The van der Waals surface area contributed by atoms with Crippen LogP contribution in [-0.4, -0.2) is 216 Å². The molecule has 4 saturated heterocycles. The lowest BCUT2D eigenvalue weighted by atomic mass is 9.76. The van der Waals surface area contributed by atoms with Gasteiger partial charge in [-0.2, -0.15) is 0 Å². The zero-order valence-corrected chi connectivity index (χ0v) is 49.1. The van der Waals surface area contributed by atoms with E-state index in [-0.39, 0.29) is 50.2 Å². The summed E-state index contributed by atoms with van der Waals surface area (Å²) in [6.45, 7) is 19.1. The van der Waals surface area contributed by atoms with E-state index >= 15 is 0 Å². The maximum Gasteiger partial charge on any atom is 0.334 e. The fourth-order valence-electron chi connectivity index (χ4n) is 11.6. The summed E-state index contributed by atoms with van der Waals surface area (Å²) in [5.74, 6) is -5.55. The van der Waals surface area contributed by atoms with E-state index in [1.54, 1.807) is 47.6 Å². The van der Waals surface area contributed by atoms with Gasteiger partial charge in [-0.25, -0.2) is 4.79 Å². The molecule has 21 heteroatoms. The first-order valence-electron chi connectivity index (χ1n) is 27.9. The summed E-state index contributed by atoms with van der Waals surface area (Å²) < 4.78 is 72.2. The minimum Gasteiger partial charge on any atom is -0.450 e. The van der Waals surface area contributed by atoms with E-state index in [1.807, 2.05) is 51.2 Å². The predicted molar refractivity (Wildman–Crippen MR) is 288 cm³/mol. The summed E-state index contributed by atoms with van der Waals surface area (Å²) in [5, 5.41) is 92.8. The third-order valence-electron chi connectivity index (χ3n) is 16.3. The normalized spacial score (nSPS) is 47.4. The van der Waals surface area contributed by atoms with Gasteiger partial charge in [0.25, 0.3) is 0 Å². The lowest BCUT2D eigenvalue weighted by Crippen LogP contribution is -2.66. The van der Waals surface area contributed by atoms with E-state index in [9.17, 15) is 45.6 Å². The molecule has 5 rings (SSSR count). The first-order chi connectivity index (χ1) is 37.1. The molecule has 79 heavy (non-hydrogen) atoms. The summed E-state index contributed by atoms with van der Waals surface area (Å²) in [6.07, 6.45) is -8.51. The molecule has 0 aromatic rings. The van der Waals surface area contributed by atoms with Gasteiger partial charge in [0.2, 0.25) is 5.79 Å². The molecule has 0 saturated carbocycles. The highest BCUT2D eigenvalue weighted by molar-refractivity contribution is 5.88. The molecule has 0 spiro atoms. The number of allylic oxidation sites excluding steroid dienone is 7. The molecule has 5 aliphatic heterocycles. The number of ether oxygens (including phenoxy) is 12. The van der Waals surface area contributed by atoms with Crippen molar-refractivity contribution in [1.82, 2.24) is 0 Å². The second-order valence-electron chi connectivity index (χ2n) is 23.0. The molecule has 0 amide bonds. The number of aliphatic hydroxyl groups is 8. The Bertz CT molecular complexity index is 2080. The first kappa shape index (κ1) is 67.2. The van der Waals surface area contributed by atoms with Crippen LogP contribution in [0.5, 0.6) is 0 Å². The Morgan fingerprint density at radius 2 is 1.39 bits per heavy atom. The Balaban J connectivity index is 1.41. The van der Waals surface area contributed by atoms with Crippen molar-refractivity contribution in [2.24, 2.45) is 17.8 Å². The van der Waals surface area contributed by atoms with Crippen molar-refractivity contribution in [1.29, 1.82) is 0 Å². The molecule has 0 aromatic carbocycles. The van der Waals surface area contributed by atoms with E-state index in [1.165, 1.54) is 42.3 Å². The third kappa shape index (κ3) is 17.3. The minimum absolute atomic E-state index is 0.000680.